The number of quaternary nitrogens is 1. The zero-order valence-electron chi connectivity index (χ0n) is 13.1. The third-order valence-electron chi connectivity index (χ3n) is 4.54. The molecular formula is C17H23N2O3S+. The van der Waals surface area contributed by atoms with E-state index in [2.05, 4.69) is 23.5 Å². The Hall–Kier alpha value is -1.66. The fourth-order valence-electron chi connectivity index (χ4n) is 3.27. The van der Waals surface area contributed by atoms with E-state index in [1.54, 1.807) is 0 Å². The van der Waals surface area contributed by atoms with Crippen molar-refractivity contribution >= 4 is 21.3 Å². The van der Waals surface area contributed by atoms with Crippen LogP contribution in [0.15, 0.2) is 36.4 Å². The van der Waals surface area contributed by atoms with Crippen molar-refractivity contribution in [3.63, 3.8) is 0 Å². The summed E-state index contributed by atoms with van der Waals surface area (Å²) < 4.78 is 22.8. The summed E-state index contributed by atoms with van der Waals surface area (Å²) in [6, 6.07) is 10.1. The van der Waals surface area contributed by atoms with Gasteiger partial charge in [-0.3, -0.25) is 4.79 Å². The number of benzene rings is 1. The van der Waals surface area contributed by atoms with Gasteiger partial charge in [-0.2, -0.15) is 0 Å². The normalized spacial score (nSPS) is 26.5. The highest BCUT2D eigenvalue weighted by Gasteiger charge is 2.29. The van der Waals surface area contributed by atoms with Gasteiger partial charge in [-0.25, -0.2) is 8.42 Å². The average molecular weight is 335 g/mol. The summed E-state index contributed by atoms with van der Waals surface area (Å²) in [5, 5.41) is 2.87. The predicted molar refractivity (Wildman–Crippen MR) is 89.8 cm³/mol. The lowest BCUT2D eigenvalue weighted by atomic mass is 10.00. The summed E-state index contributed by atoms with van der Waals surface area (Å²) in [5.74, 6) is 0.239. The molecule has 0 aliphatic carbocycles. The van der Waals surface area contributed by atoms with E-state index in [1.165, 1.54) is 16.0 Å². The minimum atomic E-state index is -2.94. The third-order valence-corrected chi connectivity index (χ3v) is 6.31. The van der Waals surface area contributed by atoms with Crippen molar-refractivity contribution in [1.29, 1.82) is 0 Å². The number of hydrogen-bond donors (Lipinski definition) is 2. The Morgan fingerprint density at radius 3 is 2.65 bits per heavy atom. The quantitative estimate of drug-likeness (QED) is 0.791. The number of carbonyl (C=O) groups is 1. The molecule has 2 aliphatic rings. The molecule has 3 rings (SSSR count). The molecule has 0 radical (unpaired) electrons. The summed E-state index contributed by atoms with van der Waals surface area (Å²) in [7, 11) is -2.94. The van der Waals surface area contributed by atoms with Crippen molar-refractivity contribution < 1.29 is 18.1 Å². The van der Waals surface area contributed by atoms with Gasteiger partial charge in [0.1, 0.15) is 0 Å². The minimum Gasteiger partial charge on any atom is -0.347 e. The van der Waals surface area contributed by atoms with Gasteiger partial charge in [-0.15, -0.1) is 0 Å². The van der Waals surface area contributed by atoms with Gasteiger partial charge in [0.05, 0.1) is 24.6 Å². The lowest BCUT2D eigenvalue weighted by molar-refractivity contribution is -0.886. The van der Waals surface area contributed by atoms with Crippen molar-refractivity contribution in [2.45, 2.75) is 18.9 Å². The maximum absolute atomic E-state index is 12.1. The van der Waals surface area contributed by atoms with Crippen LogP contribution in [0.1, 0.15) is 18.4 Å². The molecule has 1 saturated heterocycles. The fraction of sp³-hybridized carbons (Fsp3) is 0.471. The van der Waals surface area contributed by atoms with Gasteiger partial charge in [0.15, 0.2) is 16.4 Å². The minimum absolute atomic E-state index is 0.0429. The highest BCUT2D eigenvalue weighted by Crippen LogP contribution is 2.17. The van der Waals surface area contributed by atoms with E-state index in [4.69, 9.17) is 0 Å². The van der Waals surface area contributed by atoms with Gasteiger partial charge in [0.25, 0.3) is 5.91 Å². The Labute approximate surface area is 137 Å². The van der Waals surface area contributed by atoms with Crippen LogP contribution in [-0.4, -0.2) is 51.5 Å². The van der Waals surface area contributed by atoms with Crippen molar-refractivity contribution in [3.05, 3.63) is 42.0 Å². The van der Waals surface area contributed by atoms with Crippen LogP contribution < -0.4 is 10.2 Å². The van der Waals surface area contributed by atoms with Crippen molar-refractivity contribution in [3.8, 4) is 0 Å². The smallest absolute Gasteiger partial charge is 0.275 e. The Kier molecular flexibility index (Phi) is 4.82. The zero-order chi connectivity index (χ0) is 16.3. The first-order valence-electron chi connectivity index (χ1n) is 8.10. The van der Waals surface area contributed by atoms with E-state index in [0.717, 1.165) is 19.5 Å². The molecule has 2 heterocycles. The Morgan fingerprint density at radius 2 is 2.04 bits per heavy atom. The topological polar surface area (TPSA) is 67.7 Å². The zero-order valence-corrected chi connectivity index (χ0v) is 13.9. The van der Waals surface area contributed by atoms with Crippen molar-refractivity contribution in [1.82, 2.24) is 5.32 Å². The molecule has 1 fully saturated rings. The molecule has 2 N–H and O–H groups in total. The number of nitrogens with one attached hydrogen (secondary N) is 2. The summed E-state index contributed by atoms with van der Waals surface area (Å²) in [5.41, 5.74) is 2.60. The first kappa shape index (κ1) is 16.2. The number of hydrogen-bond acceptors (Lipinski definition) is 3. The predicted octanol–water partition coefficient (Wildman–Crippen LogP) is -0.338. The molecule has 23 heavy (non-hydrogen) atoms. The number of amides is 1. The molecule has 1 aromatic rings. The molecule has 6 heteroatoms. The maximum atomic E-state index is 12.1. The molecule has 1 amide bonds. The second-order valence-electron chi connectivity index (χ2n) is 6.39. The Morgan fingerprint density at radius 1 is 1.26 bits per heavy atom. The summed E-state index contributed by atoms with van der Waals surface area (Å²) in [6.45, 7) is 2.17. The molecular weight excluding hydrogens is 312 g/mol. The molecule has 5 nitrogen and oxygen atoms in total. The second-order valence-corrected chi connectivity index (χ2v) is 8.62. The number of sulfone groups is 1. The highest BCUT2D eigenvalue weighted by molar-refractivity contribution is 7.91. The molecule has 0 spiro atoms. The molecule has 124 valence electrons. The molecule has 2 atom stereocenters. The van der Waals surface area contributed by atoms with Crippen molar-refractivity contribution in [2.75, 3.05) is 31.1 Å². The standard InChI is InChI=1S/C17H22N2O3S/c20-17(18-16-8-11-23(21,22)13-16)12-19-9-6-15(7-10-19)14-4-2-1-3-5-14/h1-6,16H,7-13H2,(H,18,20)/p+1/t16-/m0/s1. The number of carbonyl (C=O) groups excluding carboxylic acids is 1. The van der Waals surface area contributed by atoms with Crippen LogP contribution >= 0.6 is 0 Å². The van der Waals surface area contributed by atoms with Crippen LogP contribution in [0.3, 0.4) is 0 Å². The van der Waals surface area contributed by atoms with Crippen molar-refractivity contribution in [2.24, 2.45) is 0 Å². The second kappa shape index (κ2) is 6.84. The van der Waals surface area contributed by atoms with Crippen LogP contribution in [0.2, 0.25) is 0 Å². The average Bonchev–Trinajstić information content (AvgIpc) is 2.87. The third kappa shape index (κ3) is 4.42. The van der Waals surface area contributed by atoms with Crippen LogP contribution in [0.5, 0.6) is 0 Å². The highest BCUT2D eigenvalue weighted by atomic mass is 32.2. The van der Waals surface area contributed by atoms with E-state index in [1.807, 2.05) is 18.2 Å². The fourth-order valence-corrected chi connectivity index (χ4v) is 4.95. The number of rotatable bonds is 4. The van der Waals surface area contributed by atoms with Gasteiger partial charge in [-0.05, 0) is 23.6 Å². The van der Waals surface area contributed by atoms with Gasteiger partial charge in [-0.1, -0.05) is 30.3 Å². The molecule has 2 aliphatic heterocycles. The molecule has 0 bridgehead atoms. The van der Waals surface area contributed by atoms with E-state index < -0.39 is 9.84 Å². The van der Waals surface area contributed by atoms with Gasteiger partial charge >= 0.3 is 0 Å². The van der Waals surface area contributed by atoms with Crippen LogP contribution in [-0.2, 0) is 14.6 Å². The largest absolute Gasteiger partial charge is 0.347 e. The maximum Gasteiger partial charge on any atom is 0.275 e. The van der Waals surface area contributed by atoms with Gasteiger partial charge in [0, 0.05) is 12.5 Å². The molecule has 0 aromatic heterocycles. The lowest BCUT2D eigenvalue weighted by Crippen LogP contribution is -3.13. The van der Waals surface area contributed by atoms with E-state index in [-0.39, 0.29) is 23.5 Å². The first-order chi connectivity index (χ1) is 11.0. The first-order valence-corrected chi connectivity index (χ1v) is 9.92. The SMILES string of the molecule is O=C(C[NH+]1CC=C(c2ccccc2)CC1)N[C@H]1CCS(=O)(=O)C1. The van der Waals surface area contributed by atoms with E-state index in [0.29, 0.717) is 13.0 Å². The Bertz CT molecular complexity index is 698. The summed E-state index contributed by atoms with van der Waals surface area (Å²) >= 11 is 0. The van der Waals surface area contributed by atoms with Crippen LogP contribution in [0.25, 0.3) is 5.57 Å². The van der Waals surface area contributed by atoms with E-state index >= 15 is 0 Å². The Balaban J connectivity index is 1.49. The lowest BCUT2D eigenvalue weighted by Gasteiger charge is -2.24. The molecule has 0 saturated carbocycles. The molecule has 1 aromatic carbocycles. The summed E-state index contributed by atoms with van der Waals surface area (Å²) in [4.78, 5) is 13.3. The summed E-state index contributed by atoms with van der Waals surface area (Å²) in [6.07, 6.45) is 3.72. The van der Waals surface area contributed by atoms with Gasteiger partial charge in [0.2, 0.25) is 0 Å². The van der Waals surface area contributed by atoms with Crippen LogP contribution in [0, 0.1) is 0 Å². The van der Waals surface area contributed by atoms with E-state index in [9.17, 15) is 13.2 Å². The monoisotopic (exact) mass is 335 g/mol. The van der Waals surface area contributed by atoms with Crippen LogP contribution in [0.4, 0.5) is 0 Å². The van der Waals surface area contributed by atoms with Gasteiger partial charge < -0.3 is 10.2 Å². The molecule has 1 unspecified atom stereocenters.